The average Bonchev–Trinajstić information content (AvgIpc) is 2.72. The second kappa shape index (κ2) is 6.16. The molecule has 6 heteroatoms. The first kappa shape index (κ1) is 17.0. The zero-order valence-corrected chi connectivity index (χ0v) is 13.9. The summed E-state index contributed by atoms with van der Waals surface area (Å²) in [5.41, 5.74) is -0.888. The minimum absolute atomic E-state index is 0.0145. The molecule has 1 aromatic rings. The normalized spacial score (nSPS) is 15.3. The van der Waals surface area contributed by atoms with E-state index in [0.29, 0.717) is 17.5 Å². The maximum Gasteiger partial charge on any atom is 0.310 e. The van der Waals surface area contributed by atoms with Crippen molar-refractivity contribution in [2.75, 3.05) is 0 Å². The van der Waals surface area contributed by atoms with Crippen LogP contribution in [0.3, 0.4) is 0 Å². The quantitative estimate of drug-likeness (QED) is 0.867. The van der Waals surface area contributed by atoms with Gasteiger partial charge in [-0.1, -0.05) is 39.8 Å². The van der Waals surface area contributed by atoms with Gasteiger partial charge in [0.25, 0.3) is 0 Å². The van der Waals surface area contributed by atoms with E-state index in [2.05, 4.69) is 30.9 Å². The number of rotatable bonds is 6. The fraction of sp³-hybridized carbons (Fsp3) is 0.786. The molecule has 0 aliphatic heterocycles. The molecule has 20 heavy (non-hydrogen) atoms. The van der Waals surface area contributed by atoms with Crippen molar-refractivity contribution in [3.05, 3.63) is 11.7 Å². The maximum absolute atomic E-state index is 11.4. The van der Waals surface area contributed by atoms with Crippen molar-refractivity contribution in [1.82, 2.24) is 10.1 Å². The summed E-state index contributed by atoms with van der Waals surface area (Å²) in [7, 11) is 0. The van der Waals surface area contributed by atoms with E-state index in [4.69, 9.17) is 4.52 Å². The van der Waals surface area contributed by atoms with Gasteiger partial charge in [-0.05, 0) is 12.8 Å². The molecule has 0 amide bonds. The van der Waals surface area contributed by atoms with Crippen LogP contribution >= 0.6 is 11.8 Å². The molecule has 1 unspecified atom stereocenters. The zero-order chi connectivity index (χ0) is 15.6. The molecule has 0 bridgehead atoms. The summed E-state index contributed by atoms with van der Waals surface area (Å²) in [6, 6.07) is 0. The molecule has 0 aromatic carbocycles. The van der Waals surface area contributed by atoms with Crippen LogP contribution in [0.1, 0.15) is 53.3 Å². The summed E-state index contributed by atoms with van der Waals surface area (Å²) in [6.07, 6.45) is 0.257. The lowest BCUT2D eigenvalue weighted by Crippen LogP contribution is -2.35. The SMILES string of the molecule is CC(C)C(C)(Cc1nc(CSC(C)(C)C)no1)C(=O)O. The summed E-state index contributed by atoms with van der Waals surface area (Å²) >= 11 is 1.73. The Morgan fingerprint density at radius 3 is 2.40 bits per heavy atom. The van der Waals surface area contributed by atoms with Gasteiger partial charge in [-0.25, -0.2) is 0 Å². The van der Waals surface area contributed by atoms with Gasteiger partial charge in [-0.3, -0.25) is 4.79 Å². The van der Waals surface area contributed by atoms with Crippen LogP contribution in [0, 0.1) is 11.3 Å². The Morgan fingerprint density at radius 1 is 1.35 bits per heavy atom. The van der Waals surface area contributed by atoms with Crippen LogP contribution in [0.4, 0.5) is 0 Å². The third kappa shape index (κ3) is 4.51. The summed E-state index contributed by atoms with van der Waals surface area (Å²) in [6.45, 7) is 11.9. The molecular formula is C14H24N2O3S. The molecule has 1 heterocycles. The van der Waals surface area contributed by atoms with Gasteiger partial charge in [0.2, 0.25) is 5.89 Å². The van der Waals surface area contributed by atoms with Crippen LogP contribution in [0.15, 0.2) is 4.52 Å². The van der Waals surface area contributed by atoms with Gasteiger partial charge < -0.3 is 9.63 Å². The molecule has 1 aromatic heterocycles. The number of carboxylic acids is 1. The molecule has 5 nitrogen and oxygen atoms in total. The number of hydrogen-bond acceptors (Lipinski definition) is 5. The molecule has 1 N–H and O–H groups in total. The first-order chi connectivity index (χ1) is 9.04. The molecule has 0 spiro atoms. The van der Waals surface area contributed by atoms with Crippen LogP contribution in [0.2, 0.25) is 0 Å². The molecule has 0 fully saturated rings. The predicted molar refractivity (Wildman–Crippen MR) is 79.6 cm³/mol. The average molecular weight is 300 g/mol. The Kier molecular flexibility index (Phi) is 5.24. The second-order valence-electron chi connectivity index (χ2n) is 6.56. The summed E-state index contributed by atoms with van der Waals surface area (Å²) in [5.74, 6) is 0.832. The fourth-order valence-corrected chi connectivity index (χ4v) is 2.22. The van der Waals surface area contributed by atoms with Gasteiger partial charge in [0, 0.05) is 11.2 Å². The lowest BCUT2D eigenvalue weighted by molar-refractivity contribution is -0.150. The highest BCUT2D eigenvalue weighted by Crippen LogP contribution is 2.32. The molecule has 114 valence electrons. The van der Waals surface area contributed by atoms with Gasteiger partial charge in [-0.2, -0.15) is 4.98 Å². The molecule has 0 saturated carbocycles. The standard InChI is InChI=1S/C14H24N2O3S/c1-9(2)14(6,12(17)18)7-11-15-10(16-19-11)8-20-13(3,4)5/h9H,7-8H2,1-6H3,(H,17,18). The maximum atomic E-state index is 11.4. The van der Waals surface area contributed by atoms with E-state index >= 15 is 0 Å². The lowest BCUT2D eigenvalue weighted by Gasteiger charge is -2.27. The van der Waals surface area contributed by atoms with Crippen molar-refractivity contribution < 1.29 is 14.4 Å². The van der Waals surface area contributed by atoms with Gasteiger partial charge in [0.05, 0.1) is 11.2 Å². The van der Waals surface area contributed by atoms with E-state index in [0.717, 1.165) is 0 Å². The molecule has 0 saturated heterocycles. The Hall–Kier alpha value is -1.04. The first-order valence-electron chi connectivity index (χ1n) is 6.73. The number of carbonyl (C=O) groups is 1. The monoisotopic (exact) mass is 300 g/mol. The summed E-state index contributed by atoms with van der Waals surface area (Å²) in [5, 5.41) is 13.3. The van der Waals surface area contributed by atoms with E-state index in [1.54, 1.807) is 18.7 Å². The molecular weight excluding hydrogens is 276 g/mol. The van der Waals surface area contributed by atoms with Crippen molar-refractivity contribution in [2.45, 2.75) is 58.5 Å². The van der Waals surface area contributed by atoms with E-state index < -0.39 is 11.4 Å². The number of aromatic nitrogens is 2. The second-order valence-corrected chi connectivity index (χ2v) is 8.36. The fourth-order valence-electron chi connectivity index (χ4n) is 1.54. The first-order valence-corrected chi connectivity index (χ1v) is 7.72. The van der Waals surface area contributed by atoms with Crippen LogP contribution < -0.4 is 0 Å². The van der Waals surface area contributed by atoms with Gasteiger partial charge in [0.15, 0.2) is 5.82 Å². The topological polar surface area (TPSA) is 76.2 Å². The third-order valence-electron chi connectivity index (χ3n) is 3.43. The highest BCUT2D eigenvalue weighted by Gasteiger charge is 2.38. The largest absolute Gasteiger partial charge is 0.481 e. The van der Waals surface area contributed by atoms with Gasteiger partial charge >= 0.3 is 5.97 Å². The molecule has 0 radical (unpaired) electrons. The lowest BCUT2D eigenvalue weighted by atomic mass is 9.76. The van der Waals surface area contributed by atoms with Gasteiger partial charge in [0.1, 0.15) is 0 Å². The molecule has 1 atom stereocenters. The number of aliphatic carboxylic acids is 1. The highest BCUT2D eigenvalue weighted by molar-refractivity contribution is 7.99. The minimum Gasteiger partial charge on any atom is -0.481 e. The smallest absolute Gasteiger partial charge is 0.310 e. The minimum atomic E-state index is -0.888. The molecule has 0 aliphatic carbocycles. The van der Waals surface area contributed by atoms with E-state index in [9.17, 15) is 9.90 Å². The Balaban J connectivity index is 2.75. The Labute approximate surface area is 124 Å². The van der Waals surface area contributed by atoms with Gasteiger partial charge in [-0.15, -0.1) is 11.8 Å². The Morgan fingerprint density at radius 2 is 1.95 bits per heavy atom. The van der Waals surface area contributed by atoms with E-state index in [1.165, 1.54) is 0 Å². The highest BCUT2D eigenvalue weighted by atomic mass is 32.2. The predicted octanol–water partition coefficient (Wildman–Crippen LogP) is 3.39. The molecule has 1 rings (SSSR count). The van der Waals surface area contributed by atoms with Crippen molar-refractivity contribution in [3.8, 4) is 0 Å². The van der Waals surface area contributed by atoms with Crippen molar-refractivity contribution in [3.63, 3.8) is 0 Å². The number of nitrogens with zero attached hydrogens (tertiary/aromatic N) is 2. The van der Waals surface area contributed by atoms with E-state index in [-0.39, 0.29) is 17.1 Å². The summed E-state index contributed by atoms with van der Waals surface area (Å²) < 4.78 is 5.32. The summed E-state index contributed by atoms with van der Waals surface area (Å²) in [4.78, 5) is 15.7. The molecule has 0 aliphatic rings. The third-order valence-corrected chi connectivity index (χ3v) is 4.69. The van der Waals surface area contributed by atoms with Crippen LogP contribution in [-0.4, -0.2) is 26.0 Å². The van der Waals surface area contributed by atoms with Crippen LogP contribution in [0.25, 0.3) is 0 Å². The number of thioether (sulfide) groups is 1. The van der Waals surface area contributed by atoms with E-state index in [1.807, 2.05) is 13.8 Å². The van der Waals surface area contributed by atoms with Crippen molar-refractivity contribution in [1.29, 1.82) is 0 Å². The van der Waals surface area contributed by atoms with Crippen molar-refractivity contribution >= 4 is 17.7 Å². The Bertz CT molecular complexity index is 465. The number of carboxylic acid groups (broad SMARTS) is 1. The number of hydrogen-bond donors (Lipinski definition) is 1. The van der Waals surface area contributed by atoms with Crippen LogP contribution in [0.5, 0.6) is 0 Å². The van der Waals surface area contributed by atoms with Crippen molar-refractivity contribution in [2.24, 2.45) is 11.3 Å². The van der Waals surface area contributed by atoms with Crippen LogP contribution in [-0.2, 0) is 17.0 Å². The zero-order valence-electron chi connectivity index (χ0n) is 13.1.